The van der Waals surface area contributed by atoms with Gasteiger partial charge in [0.1, 0.15) is 0 Å². The number of hydrogen-bond acceptors (Lipinski definition) is 4. The van der Waals surface area contributed by atoms with Crippen LogP contribution < -0.4 is 10.9 Å². The Morgan fingerprint density at radius 3 is 2.48 bits per heavy atom. The quantitative estimate of drug-likeness (QED) is 0.382. The average Bonchev–Trinajstić information content (AvgIpc) is 3.27. The number of nitrogens with zero attached hydrogens (tertiary/aromatic N) is 3. The highest BCUT2D eigenvalue weighted by Crippen LogP contribution is 2.29. The molecule has 2 N–H and O–H groups in total. The van der Waals surface area contributed by atoms with E-state index in [2.05, 4.69) is 51.7 Å². The van der Waals surface area contributed by atoms with Gasteiger partial charge < -0.3 is 9.88 Å². The molecule has 0 aliphatic rings. The summed E-state index contributed by atoms with van der Waals surface area (Å²) in [5.74, 6) is 0.714. The third-order valence-electron chi connectivity index (χ3n) is 5.99. The van der Waals surface area contributed by atoms with E-state index in [1.807, 2.05) is 56.4 Å². The number of benzene rings is 2. The molecular formula is C27H25N5O. The lowest BCUT2D eigenvalue weighted by atomic mass is 9.99. The van der Waals surface area contributed by atoms with Crippen molar-refractivity contribution in [3.8, 4) is 22.4 Å². The van der Waals surface area contributed by atoms with Crippen LogP contribution in [-0.2, 0) is 7.05 Å². The van der Waals surface area contributed by atoms with Gasteiger partial charge in [-0.1, -0.05) is 35.9 Å². The van der Waals surface area contributed by atoms with E-state index in [0.717, 1.165) is 44.7 Å². The van der Waals surface area contributed by atoms with E-state index in [1.165, 1.54) is 5.56 Å². The topological polar surface area (TPSA) is 75.6 Å². The van der Waals surface area contributed by atoms with Crippen molar-refractivity contribution in [2.75, 3.05) is 5.32 Å². The molecule has 3 aromatic heterocycles. The fraction of sp³-hybridized carbons (Fsp3) is 0.148. The summed E-state index contributed by atoms with van der Waals surface area (Å²) in [6.45, 7) is 6.01. The fourth-order valence-corrected chi connectivity index (χ4v) is 4.06. The second-order valence-corrected chi connectivity index (χ2v) is 8.49. The third kappa shape index (κ3) is 3.91. The smallest absolute Gasteiger partial charge is 0.258 e. The van der Waals surface area contributed by atoms with Crippen molar-refractivity contribution < 1.29 is 0 Å². The van der Waals surface area contributed by atoms with Crippen LogP contribution in [0, 0.1) is 20.8 Å². The summed E-state index contributed by atoms with van der Waals surface area (Å²) >= 11 is 0. The minimum atomic E-state index is -0.0326. The number of anilines is 2. The highest BCUT2D eigenvalue weighted by atomic mass is 16.1. The molecule has 164 valence electrons. The van der Waals surface area contributed by atoms with Crippen LogP contribution in [-0.4, -0.2) is 19.7 Å². The van der Waals surface area contributed by atoms with Gasteiger partial charge in [-0.2, -0.15) is 5.10 Å². The Bertz CT molecular complexity index is 1540. The van der Waals surface area contributed by atoms with E-state index in [4.69, 9.17) is 0 Å². The lowest BCUT2D eigenvalue weighted by molar-refractivity contribution is 0.905. The molecular weight excluding hydrogens is 410 g/mol. The van der Waals surface area contributed by atoms with E-state index in [0.29, 0.717) is 11.4 Å². The summed E-state index contributed by atoms with van der Waals surface area (Å²) in [4.78, 5) is 17.6. The van der Waals surface area contributed by atoms with Gasteiger partial charge in [-0.15, -0.1) is 0 Å². The van der Waals surface area contributed by atoms with E-state index in [9.17, 15) is 4.79 Å². The Morgan fingerprint density at radius 1 is 0.909 bits per heavy atom. The van der Waals surface area contributed by atoms with Gasteiger partial charge in [-0.3, -0.25) is 14.9 Å². The summed E-state index contributed by atoms with van der Waals surface area (Å²) in [5, 5.41) is 11.8. The molecule has 3 heterocycles. The minimum absolute atomic E-state index is 0.0326. The van der Waals surface area contributed by atoms with E-state index in [1.54, 1.807) is 11.6 Å². The maximum absolute atomic E-state index is 13.2. The van der Waals surface area contributed by atoms with Crippen LogP contribution >= 0.6 is 0 Å². The van der Waals surface area contributed by atoms with Gasteiger partial charge in [0.2, 0.25) is 0 Å². The molecule has 0 atom stereocenters. The monoisotopic (exact) mass is 435 g/mol. The fourth-order valence-electron chi connectivity index (χ4n) is 4.06. The maximum Gasteiger partial charge on any atom is 0.258 e. The number of H-pyrrole nitrogens is 1. The molecule has 0 unspecified atom stereocenters. The van der Waals surface area contributed by atoms with Crippen molar-refractivity contribution in [1.82, 2.24) is 19.7 Å². The number of aryl methyl sites for hydroxylation is 4. The first kappa shape index (κ1) is 20.7. The Kier molecular flexibility index (Phi) is 5.05. The van der Waals surface area contributed by atoms with Crippen LogP contribution in [0.3, 0.4) is 0 Å². The van der Waals surface area contributed by atoms with Crippen LogP contribution in [0.5, 0.6) is 0 Å². The summed E-state index contributed by atoms with van der Waals surface area (Å²) in [7, 11) is 1.81. The number of fused-ring (bicyclic) bond motifs is 1. The predicted octanol–water partition coefficient (Wildman–Crippen LogP) is 5.66. The van der Waals surface area contributed by atoms with Gasteiger partial charge in [-0.05, 0) is 61.7 Å². The van der Waals surface area contributed by atoms with Crippen molar-refractivity contribution in [3.63, 3.8) is 0 Å². The van der Waals surface area contributed by atoms with Crippen LogP contribution in [0.4, 0.5) is 11.5 Å². The largest absolute Gasteiger partial charge is 0.339 e. The van der Waals surface area contributed by atoms with Crippen LogP contribution in [0.15, 0.2) is 71.7 Å². The van der Waals surface area contributed by atoms with Gasteiger partial charge in [-0.25, -0.2) is 0 Å². The number of aromatic amines is 1. The molecule has 2 aromatic carbocycles. The first-order valence-electron chi connectivity index (χ1n) is 10.9. The molecule has 0 bridgehead atoms. The molecule has 6 heteroatoms. The third-order valence-corrected chi connectivity index (χ3v) is 5.99. The summed E-state index contributed by atoms with van der Waals surface area (Å²) < 4.78 is 1.69. The van der Waals surface area contributed by atoms with E-state index >= 15 is 0 Å². The Morgan fingerprint density at radius 2 is 1.70 bits per heavy atom. The zero-order valence-electron chi connectivity index (χ0n) is 19.1. The number of aromatic nitrogens is 4. The Balaban J connectivity index is 1.51. The average molecular weight is 436 g/mol. The van der Waals surface area contributed by atoms with Crippen molar-refractivity contribution in [2.45, 2.75) is 20.8 Å². The Labute approximate surface area is 192 Å². The predicted molar refractivity (Wildman–Crippen MR) is 134 cm³/mol. The molecule has 0 fully saturated rings. The molecule has 0 aliphatic heterocycles. The Hall–Kier alpha value is -4.19. The van der Waals surface area contributed by atoms with Crippen molar-refractivity contribution in [2.24, 2.45) is 7.05 Å². The van der Waals surface area contributed by atoms with Crippen molar-refractivity contribution in [3.05, 3.63) is 94.0 Å². The van der Waals surface area contributed by atoms with Gasteiger partial charge in [0.15, 0.2) is 5.82 Å². The standard InChI is InChI=1S/C27H25N5O/c1-16-5-8-19(9-6-16)24-14-26(31-30-24)29-21-10-7-17(2)22(13-21)23-12-20-15-28-18(3)11-25(20)32(4)27(23)33/h5-15H,1-4H3,(H2,29,30,31). The molecule has 33 heavy (non-hydrogen) atoms. The first-order valence-corrected chi connectivity index (χ1v) is 10.9. The molecule has 5 aromatic rings. The second kappa shape index (κ2) is 8.06. The first-order chi connectivity index (χ1) is 15.9. The van der Waals surface area contributed by atoms with Crippen LogP contribution in [0.2, 0.25) is 0 Å². The second-order valence-electron chi connectivity index (χ2n) is 8.49. The zero-order chi connectivity index (χ0) is 23.1. The molecule has 0 saturated carbocycles. The lowest BCUT2D eigenvalue weighted by Gasteiger charge is -2.13. The van der Waals surface area contributed by atoms with Gasteiger partial charge in [0.05, 0.1) is 11.2 Å². The number of pyridine rings is 2. The molecule has 0 amide bonds. The van der Waals surface area contributed by atoms with Gasteiger partial charge in [0, 0.05) is 41.6 Å². The molecule has 6 nitrogen and oxygen atoms in total. The maximum atomic E-state index is 13.2. The number of rotatable bonds is 4. The SMILES string of the molecule is Cc1ccc(-c2cc(Nc3ccc(C)c(-c4cc5cnc(C)cc5n(C)c4=O)c3)n[nH]2)cc1. The summed E-state index contributed by atoms with van der Waals surface area (Å²) in [6, 6.07) is 20.2. The normalized spacial score (nSPS) is 11.2. The van der Waals surface area contributed by atoms with Crippen LogP contribution in [0.25, 0.3) is 33.3 Å². The van der Waals surface area contributed by atoms with E-state index < -0.39 is 0 Å². The van der Waals surface area contributed by atoms with Crippen LogP contribution in [0.1, 0.15) is 16.8 Å². The number of hydrogen-bond donors (Lipinski definition) is 2. The zero-order valence-corrected chi connectivity index (χ0v) is 19.1. The highest BCUT2D eigenvalue weighted by Gasteiger charge is 2.13. The summed E-state index contributed by atoms with van der Waals surface area (Å²) in [6.07, 6.45) is 1.82. The molecule has 0 spiro atoms. The summed E-state index contributed by atoms with van der Waals surface area (Å²) in [5.41, 5.74) is 8.40. The molecule has 0 aliphatic carbocycles. The lowest BCUT2D eigenvalue weighted by Crippen LogP contribution is -2.19. The van der Waals surface area contributed by atoms with Gasteiger partial charge >= 0.3 is 0 Å². The molecule has 0 saturated heterocycles. The van der Waals surface area contributed by atoms with Gasteiger partial charge in [0.25, 0.3) is 5.56 Å². The molecule has 5 rings (SSSR count). The number of nitrogens with one attached hydrogen (secondary N) is 2. The van der Waals surface area contributed by atoms with E-state index in [-0.39, 0.29) is 5.56 Å². The minimum Gasteiger partial charge on any atom is -0.339 e. The molecule has 0 radical (unpaired) electrons. The van der Waals surface area contributed by atoms with Crippen molar-refractivity contribution in [1.29, 1.82) is 0 Å². The highest BCUT2D eigenvalue weighted by molar-refractivity contribution is 5.85. The van der Waals surface area contributed by atoms with Crippen molar-refractivity contribution >= 4 is 22.4 Å².